The highest BCUT2D eigenvalue weighted by Crippen LogP contribution is 2.22. The molecule has 1 N–H and O–H groups in total. The number of hydrogen-bond acceptors (Lipinski definition) is 3. The first-order valence-corrected chi connectivity index (χ1v) is 6.24. The summed E-state index contributed by atoms with van der Waals surface area (Å²) in [5, 5.41) is 6.84. The highest BCUT2D eigenvalue weighted by molar-refractivity contribution is 5.71. The Labute approximate surface area is 112 Å². The van der Waals surface area contributed by atoms with Crippen LogP contribution in [0.5, 0.6) is 0 Å². The molecule has 0 atom stereocenters. The number of aromatic amines is 1. The lowest BCUT2D eigenvalue weighted by Crippen LogP contribution is -2.24. The molecule has 0 aliphatic heterocycles. The van der Waals surface area contributed by atoms with Crippen LogP contribution in [-0.4, -0.2) is 23.1 Å². The van der Waals surface area contributed by atoms with E-state index in [-0.39, 0.29) is 5.41 Å². The fraction of sp³-hybridized carbons (Fsp3) is 0.333. The van der Waals surface area contributed by atoms with Crippen molar-refractivity contribution in [1.29, 1.82) is 0 Å². The highest BCUT2D eigenvalue weighted by atomic mass is 16.5. The molecule has 0 aliphatic carbocycles. The lowest BCUT2D eigenvalue weighted by atomic mass is 9.90. The summed E-state index contributed by atoms with van der Waals surface area (Å²) in [6, 6.07) is 11.8. The minimum absolute atomic E-state index is 0.230. The van der Waals surface area contributed by atoms with Crippen LogP contribution in [0, 0.1) is 0 Å². The van der Waals surface area contributed by atoms with Crippen LogP contribution in [0.25, 0.3) is 0 Å². The normalized spacial score (nSPS) is 11.5. The van der Waals surface area contributed by atoms with Gasteiger partial charge in [0.25, 0.3) is 0 Å². The first-order chi connectivity index (χ1) is 9.12. The molecule has 100 valence electrons. The second-order valence-electron chi connectivity index (χ2n) is 5.19. The number of hydrogen-bond donors (Lipinski definition) is 1. The topological polar surface area (TPSA) is 55.0 Å². The van der Waals surface area contributed by atoms with E-state index in [0.717, 1.165) is 17.5 Å². The summed E-state index contributed by atoms with van der Waals surface area (Å²) in [7, 11) is 0. The summed E-state index contributed by atoms with van der Waals surface area (Å²) in [6.45, 7) is 5.21. The van der Waals surface area contributed by atoms with Gasteiger partial charge in [0.2, 0.25) is 0 Å². The Hall–Kier alpha value is -1.94. The number of aldehydes is 1. The molecule has 0 fully saturated rings. The van der Waals surface area contributed by atoms with Gasteiger partial charge in [0.1, 0.15) is 0 Å². The molecule has 1 aromatic carbocycles. The molecule has 4 heteroatoms. The van der Waals surface area contributed by atoms with Crippen molar-refractivity contribution in [1.82, 2.24) is 10.2 Å². The molecule has 0 aliphatic rings. The summed E-state index contributed by atoms with van der Waals surface area (Å²) in [5.41, 5.74) is 2.25. The van der Waals surface area contributed by atoms with Crippen molar-refractivity contribution in [2.24, 2.45) is 0 Å². The van der Waals surface area contributed by atoms with Crippen LogP contribution in [0.2, 0.25) is 0 Å². The maximum absolute atomic E-state index is 10.6. The van der Waals surface area contributed by atoms with Crippen LogP contribution in [0.3, 0.4) is 0 Å². The minimum atomic E-state index is -0.230. The third kappa shape index (κ3) is 3.51. The summed E-state index contributed by atoms with van der Waals surface area (Å²) in [5.74, 6) is 0. The minimum Gasteiger partial charge on any atom is -0.376 e. The lowest BCUT2D eigenvalue weighted by molar-refractivity contribution is 0.0811. The number of carbonyl (C=O) groups is 1. The van der Waals surface area contributed by atoms with Gasteiger partial charge in [-0.25, -0.2) is 0 Å². The average Bonchev–Trinajstić information content (AvgIpc) is 2.89. The number of carbonyl (C=O) groups excluding carboxylic acids is 1. The Balaban J connectivity index is 1.92. The Morgan fingerprint density at radius 1 is 1.32 bits per heavy atom. The first-order valence-electron chi connectivity index (χ1n) is 6.24. The van der Waals surface area contributed by atoms with Gasteiger partial charge < -0.3 is 4.74 Å². The number of rotatable bonds is 6. The van der Waals surface area contributed by atoms with Crippen molar-refractivity contribution in [2.75, 3.05) is 6.61 Å². The third-order valence-electron chi connectivity index (χ3n) is 2.99. The zero-order valence-electron chi connectivity index (χ0n) is 11.2. The van der Waals surface area contributed by atoms with Gasteiger partial charge in [-0.15, -0.1) is 0 Å². The van der Waals surface area contributed by atoms with Crippen molar-refractivity contribution in [3.05, 3.63) is 53.3 Å². The van der Waals surface area contributed by atoms with E-state index < -0.39 is 0 Å². The maximum atomic E-state index is 10.6. The van der Waals surface area contributed by atoms with Crippen LogP contribution in [0.4, 0.5) is 0 Å². The molecule has 0 unspecified atom stereocenters. The van der Waals surface area contributed by atoms with Gasteiger partial charge in [0.05, 0.1) is 24.6 Å². The number of aromatic nitrogens is 2. The fourth-order valence-electron chi connectivity index (χ4n) is 1.82. The predicted octanol–water partition coefficient (Wildman–Crippen LogP) is 2.72. The Kier molecular flexibility index (Phi) is 4.12. The van der Waals surface area contributed by atoms with Crippen molar-refractivity contribution < 1.29 is 9.53 Å². The first kappa shape index (κ1) is 13.5. The van der Waals surface area contributed by atoms with E-state index in [2.05, 4.69) is 10.2 Å². The second-order valence-corrected chi connectivity index (χ2v) is 5.19. The standard InChI is InChI=1S/C15H18N2O2/c1-15(2,14-8-13(9-18)16-17-14)11-19-10-12-6-4-3-5-7-12/h3-9H,10-11H2,1-2H3,(H,16,17). The summed E-state index contributed by atoms with van der Waals surface area (Å²) in [6.07, 6.45) is 0.761. The quantitative estimate of drug-likeness (QED) is 0.810. The molecular formula is C15H18N2O2. The molecular weight excluding hydrogens is 240 g/mol. The van der Waals surface area contributed by atoms with Crippen LogP contribution in [-0.2, 0) is 16.8 Å². The molecule has 2 rings (SSSR count). The molecule has 0 radical (unpaired) electrons. The van der Waals surface area contributed by atoms with E-state index in [9.17, 15) is 4.79 Å². The van der Waals surface area contributed by atoms with Crippen LogP contribution in [0.15, 0.2) is 36.4 Å². The van der Waals surface area contributed by atoms with Gasteiger partial charge in [-0.05, 0) is 11.6 Å². The van der Waals surface area contributed by atoms with Crippen LogP contribution < -0.4 is 0 Å². The average molecular weight is 258 g/mol. The number of nitrogens with zero attached hydrogens (tertiary/aromatic N) is 1. The van der Waals surface area contributed by atoms with E-state index in [0.29, 0.717) is 18.9 Å². The van der Waals surface area contributed by atoms with E-state index >= 15 is 0 Å². The van der Waals surface area contributed by atoms with Crippen LogP contribution >= 0.6 is 0 Å². The van der Waals surface area contributed by atoms with Crippen molar-refractivity contribution in [2.45, 2.75) is 25.9 Å². The number of ether oxygens (including phenoxy) is 1. The van der Waals surface area contributed by atoms with Gasteiger partial charge in [0, 0.05) is 5.41 Å². The van der Waals surface area contributed by atoms with Gasteiger partial charge in [-0.3, -0.25) is 9.89 Å². The van der Waals surface area contributed by atoms with Crippen LogP contribution in [0.1, 0.15) is 35.6 Å². The van der Waals surface area contributed by atoms with Gasteiger partial charge in [-0.2, -0.15) is 5.10 Å². The third-order valence-corrected chi connectivity index (χ3v) is 2.99. The SMILES string of the molecule is CC(C)(COCc1ccccc1)c1cc(C=O)[nH]n1. The molecule has 0 spiro atoms. The van der Waals surface area contributed by atoms with Gasteiger partial charge >= 0.3 is 0 Å². The number of benzene rings is 1. The lowest BCUT2D eigenvalue weighted by Gasteiger charge is -2.22. The molecule has 0 saturated carbocycles. The zero-order valence-corrected chi connectivity index (χ0v) is 11.2. The molecule has 19 heavy (non-hydrogen) atoms. The van der Waals surface area contributed by atoms with Crippen molar-refractivity contribution in [3.8, 4) is 0 Å². The zero-order chi connectivity index (χ0) is 13.7. The molecule has 4 nitrogen and oxygen atoms in total. The van der Waals surface area contributed by atoms with Gasteiger partial charge in [-0.1, -0.05) is 44.2 Å². The maximum Gasteiger partial charge on any atom is 0.167 e. The Morgan fingerprint density at radius 2 is 2.05 bits per heavy atom. The number of nitrogens with one attached hydrogen (secondary N) is 1. The summed E-state index contributed by atoms with van der Waals surface area (Å²) >= 11 is 0. The van der Waals surface area contributed by atoms with E-state index in [1.807, 2.05) is 44.2 Å². The van der Waals surface area contributed by atoms with Gasteiger partial charge in [0.15, 0.2) is 6.29 Å². The smallest absolute Gasteiger partial charge is 0.167 e. The van der Waals surface area contributed by atoms with E-state index in [1.54, 1.807) is 6.07 Å². The summed E-state index contributed by atoms with van der Waals surface area (Å²) < 4.78 is 5.74. The molecule has 1 heterocycles. The molecule has 2 aromatic rings. The Morgan fingerprint density at radius 3 is 2.68 bits per heavy atom. The molecule has 0 amide bonds. The molecule has 0 bridgehead atoms. The Bertz CT molecular complexity index is 532. The summed E-state index contributed by atoms with van der Waals surface area (Å²) in [4.78, 5) is 10.6. The monoisotopic (exact) mass is 258 g/mol. The van der Waals surface area contributed by atoms with Crippen molar-refractivity contribution in [3.63, 3.8) is 0 Å². The molecule has 1 aromatic heterocycles. The second kappa shape index (κ2) is 5.80. The fourth-order valence-corrected chi connectivity index (χ4v) is 1.82. The van der Waals surface area contributed by atoms with Crippen molar-refractivity contribution >= 4 is 6.29 Å². The largest absolute Gasteiger partial charge is 0.376 e. The van der Waals surface area contributed by atoms with E-state index in [4.69, 9.17) is 4.74 Å². The van der Waals surface area contributed by atoms with E-state index in [1.165, 1.54) is 0 Å². The molecule has 0 saturated heterocycles. The highest BCUT2D eigenvalue weighted by Gasteiger charge is 2.24. The predicted molar refractivity (Wildman–Crippen MR) is 73.1 cm³/mol. The number of H-pyrrole nitrogens is 1.